The predicted octanol–water partition coefficient (Wildman–Crippen LogP) is 9.60. The van der Waals surface area contributed by atoms with Crippen molar-refractivity contribution in [1.29, 1.82) is 0 Å². The molecule has 1 heterocycles. The Morgan fingerprint density at radius 1 is 0.490 bits per heavy atom. The second-order valence-electron chi connectivity index (χ2n) is 15.9. The molecule has 0 amide bonds. The Hall–Kier alpha value is -0.240. The van der Waals surface area contributed by atoms with Crippen LogP contribution in [0.4, 0.5) is 0 Å². The molecule has 6 heteroatoms. The van der Waals surface area contributed by atoms with Crippen LogP contribution in [-0.2, 0) is 0 Å². The first-order valence-electron chi connectivity index (χ1n) is 22.3. The summed E-state index contributed by atoms with van der Waals surface area (Å²) in [5, 5.41) is 14.3. The second kappa shape index (κ2) is 36.1. The largest absolute Gasteiger partial charge is 0.392 e. The monoisotopic (exact) mass is 694 g/mol. The Balaban J connectivity index is 2.13. The lowest BCUT2D eigenvalue weighted by molar-refractivity contribution is 0.0944. The number of likely N-dealkylation sites (N-methyl/N-ethyl adjacent to an activating group) is 1. The molecule has 6 nitrogen and oxygen atoms in total. The van der Waals surface area contributed by atoms with Gasteiger partial charge in [-0.2, -0.15) is 0 Å². The van der Waals surface area contributed by atoms with E-state index in [0.29, 0.717) is 0 Å². The summed E-state index contributed by atoms with van der Waals surface area (Å²) < 4.78 is 0. The van der Waals surface area contributed by atoms with E-state index in [0.717, 1.165) is 39.1 Å². The highest BCUT2D eigenvalue weighted by Gasteiger charge is 2.17. The molecule has 0 bridgehead atoms. The van der Waals surface area contributed by atoms with Crippen molar-refractivity contribution in [3.63, 3.8) is 0 Å². The maximum atomic E-state index is 10.5. The van der Waals surface area contributed by atoms with E-state index in [1.807, 2.05) is 0 Å². The molecule has 1 atom stereocenters. The fourth-order valence-corrected chi connectivity index (χ4v) is 7.48. The number of aliphatic hydroxyl groups is 1. The molecule has 0 radical (unpaired) electrons. The lowest BCUT2D eigenvalue weighted by atomic mass is 10.1. The average Bonchev–Trinajstić information content (AvgIpc) is 3.10. The summed E-state index contributed by atoms with van der Waals surface area (Å²) in [6, 6.07) is 0. The Labute approximate surface area is 308 Å². The lowest BCUT2D eigenvalue weighted by Gasteiger charge is -2.35. The van der Waals surface area contributed by atoms with Crippen LogP contribution >= 0.6 is 0 Å². The molecule has 1 aliphatic heterocycles. The van der Waals surface area contributed by atoms with Crippen molar-refractivity contribution in [3.8, 4) is 0 Å². The third-order valence-electron chi connectivity index (χ3n) is 11.0. The zero-order valence-electron chi connectivity index (χ0n) is 34.2. The van der Waals surface area contributed by atoms with Gasteiger partial charge >= 0.3 is 0 Å². The first-order chi connectivity index (χ1) is 24.1. The van der Waals surface area contributed by atoms with Gasteiger partial charge < -0.3 is 20.2 Å². The van der Waals surface area contributed by atoms with Gasteiger partial charge in [0, 0.05) is 72.0 Å². The van der Waals surface area contributed by atoms with E-state index in [1.165, 1.54) is 206 Å². The molecular formula is C43H91N5O. The van der Waals surface area contributed by atoms with Gasteiger partial charge in [-0.3, -0.25) is 9.80 Å². The fourth-order valence-electron chi connectivity index (χ4n) is 7.48. The Kier molecular flexibility index (Phi) is 34.5. The molecule has 0 aromatic carbocycles. The summed E-state index contributed by atoms with van der Waals surface area (Å²) in [5.41, 5.74) is 0. The summed E-state index contributed by atoms with van der Waals surface area (Å²) >= 11 is 0. The Morgan fingerprint density at radius 3 is 1.37 bits per heavy atom. The SMILES string of the molecule is CCCCCCCCCCC(O)CN(C)CCN1CCN(CCNCCN(CCCCCCCCCC)CCCCCCCCCC)CC1. The molecule has 1 saturated heterocycles. The Bertz CT molecular complexity index is 624. The van der Waals surface area contributed by atoms with E-state index < -0.39 is 0 Å². The summed E-state index contributed by atoms with van der Waals surface area (Å²) in [6.07, 6.45) is 34.1. The van der Waals surface area contributed by atoms with Gasteiger partial charge in [0.05, 0.1) is 6.10 Å². The number of piperazine rings is 1. The minimum atomic E-state index is -0.170. The molecule has 1 fully saturated rings. The van der Waals surface area contributed by atoms with E-state index in [-0.39, 0.29) is 6.10 Å². The van der Waals surface area contributed by atoms with Crippen LogP contribution < -0.4 is 5.32 Å². The third kappa shape index (κ3) is 31.0. The summed E-state index contributed by atoms with van der Waals surface area (Å²) in [4.78, 5) is 10.4. The zero-order valence-corrected chi connectivity index (χ0v) is 34.2. The van der Waals surface area contributed by atoms with E-state index in [2.05, 4.69) is 52.7 Å². The maximum absolute atomic E-state index is 10.5. The molecule has 1 rings (SSSR count). The number of rotatable bonds is 38. The number of hydrogen-bond donors (Lipinski definition) is 2. The minimum Gasteiger partial charge on any atom is -0.392 e. The van der Waals surface area contributed by atoms with Crippen molar-refractivity contribution in [2.45, 2.75) is 187 Å². The van der Waals surface area contributed by atoms with Gasteiger partial charge in [0.25, 0.3) is 0 Å². The molecule has 1 unspecified atom stereocenters. The highest BCUT2D eigenvalue weighted by atomic mass is 16.3. The van der Waals surface area contributed by atoms with Crippen molar-refractivity contribution < 1.29 is 5.11 Å². The normalized spacial score (nSPS) is 15.2. The van der Waals surface area contributed by atoms with Gasteiger partial charge in [0.15, 0.2) is 0 Å². The molecule has 0 saturated carbocycles. The fraction of sp³-hybridized carbons (Fsp3) is 1.00. The molecule has 0 aromatic heterocycles. The van der Waals surface area contributed by atoms with Crippen LogP contribution in [0.2, 0.25) is 0 Å². The molecule has 2 N–H and O–H groups in total. The van der Waals surface area contributed by atoms with Crippen molar-refractivity contribution in [2.24, 2.45) is 0 Å². The van der Waals surface area contributed by atoms with Gasteiger partial charge in [-0.15, -0.1) is 0 Å². The molecule has 49 heavy (non-hydrogen) atoms. The lowest BCUT2D eigenvalue weighted by Crippen LogP contribution is -2.50. The van der Waals surface area contributed by atoms with Crippen LogP contribution in [0.5, 0.6) is 0 Å². The third-order valence-corrected chi connectivity index (χ3v) is 11.0. The van der Waals surface area contributed by atoms with Crippen molar-refractivity contribution in [2.75, 3.05) is 92.1 Å². The van der Waals surface area contributed by atoms with Crippen LogP contribution in [0.25, 0.3) is 0 Å². The first kappa shape index (κ1) is 46.8. The van der Waals surface area contributed by atoms with Crippen molar-refractivity contribution in [3.05, 3.63) is 0 Å². The van der Waals surface area contributed by atoms with Gasteiger partial charge in [0.2, 0.25) is 0 Å². The first-order valence-corrected chi connectivity index (χ1v) is 22.3. The van der Waals surface area contributed by atoms with Crippen LogP contribution in [0.3, 0.4) is 0 Å². The number of unbranched alkanes of at least 4 members (excludes halogenated alkanes) is 21. The summed E-state index contributed by atoms with van der Waals surface area (Å²) in [5.74, 6) is 0. The van der Waals surface area contributed by atoms with Crippen LogP contribution in [0.1, 0.15) is 181 Å². The van der Waals surface area contributed by atoms with Gasteiger partial charge in [-0.1, -0.05) is 162 Å². The molecule has 0 spiro atoms. The van der Waals surface area contributed by atoms with Crippen LogP contribution in [0, 0.1) is 0 Å². The van der Waals surface area contributed by atoms with Gasteiger partial charge in [-0.05, 0) is 39.4 Å². The van der Waals surface area contributed by atoms with E-state index in [9.17, 15) is 5.11 Å². The van der Waals surface area contributed by atoms with Crippen LogP contribution in [-0.4, -0.2) is 123 Å². The molecule has 0 aliphatic carbocycles. The van der Waals surface area contributed by atoms with Crippen molar-refractivity contribution >= 4 is 0 Å². The second-order valence-corrected chi connectivity index (χ2v) is 15.9. The standard InChI is InChI=1S/C43H91N5O/c1-5-8-11-14-17-20-23-26-29-43(49)42-45(4)36-37-48-40-38-47(39-41-48)35-31-44-30-34-46(32-27-24-21-18-15-12-9-6-2)33-28-25-22-19-16-13-10-7-3/h43-44,49H,5-42H2,1-4H3. The highest BCUT2D eigenvalue weighted by molar-refractivity contribution is 4.74. The molecular weight excluding hydrogens is 603 g/mol. The molecule has 294 valence electrons. The zero-order chi connectivity index (χ0) is 35.5. The predicted molar refractivity (Wildman–Crippen MR) is 218 cm³/mol. The topological polar surface area (TPSA) is 45.2 Å². The van der Waals surface area contributed by atoms with Crippen LogP contribution in [0.15, 0.2) is 0 Å². The summed E-state index contributed by atoms with van der Waals surface area (Å²) in [7, 11) is 2.19. The number of hydrogen-bond acceptors (Lipinski definition) is 6. The maximum Gasteiger partial charge on any atom is 0.0667 e. The average molecular weight is 694 g/mol. The number of nitrogens with one attached hydrogen (secondary N) is 1. The molecule has 0 aromatic rings. The quantitative estimate of drug-likeness (QED) is 0.0629. The highest BCUT2D eigenvalue weighted by Crippen LogP contribution is 2.13. The molecule has 1 aliphatic rings. The van der Waals surface area contributed by atoms with Gasteiger partial charge in [-0.25, -0.2) is 0 Å². The van der Waals surface area contributed by atoms with Gasteiger partial charge in [0.1, 0.15) is 0 Å². The van der Waals surface area contributed by atoms with Crippen molar-refractivity contribution in [1.82, 2.24) is 24.9 Å². The van der Waals surface area contributed by atoms with E-state index >= 15 is 0 Å². The number of aliphatic hydroxyl groups excluding tert-OH is 1. The number of nitrogens with zero attached hydrogens (tertiary/aromatic N) is 4. The Morgan fingerprint density at radius 2 is 0.898 bits per heavy atom. The smallest absolute Gasteiger partial charge is 0.0667 e. The minimum absolute atomic E-state index is 0.170. The van der Waals surface area contributed by atoms with E-state index in [4.69, 9.17) is 0 Å². The summed E-state index contributed by atoms with van der Waals surface area (Å²) in [6.45, 7) is 21.9. The van der Waals surface area contributed by atoms with E-state index in [1.54, 1.807) is 0 Å².